The molecule has 1 aromatic carbocycles. The number of methoxy groups -OCH3 is 2. The Morgan fingerprint density at radius 2 is 1.81 bits per heavy atom. The van der Waals surface area contributed by atoms with E-state index in [0.717, 1.165) is 31.9 Å². The molecule has 0 saturated carbocycles. The van der Waals surface area contributed by atoms with Crippen molar-refractivity contribution in [2.75, 3.05) is 33.9 Å². The molecule has 1 N–H and O–H groups in total. The number of aliphatic hydroxyl groups is 1. The minimum Gasteiger partial charge on any atom is -0.497 e. The fourth-order valence-corrected chi connectivity index (χ4v) is 2.13. The van der Waals surface area contributed by atoms with Crippen LogP contribution in [0.5, 0.6) is 5.75 Å². The standard InChI is InChI=1S/C17H29NO3/c1-14(2)17(19)13-18(10-5-11-20-3)12-15-6-8-16(21-4)9-7-15/h6-9,14,17,19H,5,10-13H2,1-4H3. The Morgan fingerprint density at radius 1 is 1.14 bits per heavy atom. The van der Waals surface area contributed by atoms with Crippen LogP contribution in [0, 0.1) is 5.92 Å². The average Bonchev–Trinajstić information content (AvgIpc) is 2.48. The van der Waals surface area contributed by atoms with Crippen LogP contribution in [0.15, 0.2) is 24.3 Å². The van der Waals surface area contributed by atoms with E-state index >= 15 is 0 Å². The van der Waals surface area contributed by atoms with Gasteiger partial charge in [-0.2, -0.15) is 0 Å². The molecule has 21 heavy (non-hydrogen) atoms. The maximum Gasteiger partial charge on any atom is 0.118 e. The molecule has 0 heterocycles. The highest BCUT2D eigenvalue weighted by molar-refractivity contribution is 5.27. The lowest BCUT2D eigenvalue weighted by atomic mass is 10.1. The number of hydrogen-bond acceptors (Lipinski definition) is 4. The fourth-order valence-electron chi connectivity index (χ4n) is 2.13. The summed E-state index contributed by atoms with van der Waals surface area (Å²) in [6, 6.07) is 8.09. The van der Waals surface area contributed by atoms with E-state index in [-0.39, 0.29) is 12.0 Å². The van der Waals surface area contributed by atoms with E-state index in [1.54, 1.807) is 14.2 Å². The van der Waals surface area contributed by atoms with Gasteiger partial charge < -0.3 is 14.6 Å². The lowest BCUT2D eigenvalue weighted by Gasteiger charge is -2.27. The molecule has 120 valence electrons. The van der Waals surface area contributed by atoms with Crippen LogP contribution >= 0.6 is 0 Å². The van der Waals surface area contributed by atoms with Gasteiger partial charge in [-0.3, -0.25) is 4.90 Å². The minimum atomic E-state index is -0.300. The molecule has 0 amide bonds. The van der Waals surface area contributed by atoms with Gasteiger partial charge in [0.2, 0.25) is 0 Å². The molecule has 0 saturated heterocycles. The summed E-state index contributed by atoms with van der Waals surface area (Å²) < 4.78 is 10.3. The fraction of sp³-hybridized carbons (Fsp3) is 0.647. The van der Waals surface area contributed by atoms with Crippen molar-refractivity contribution in [1.29, 1.82) is 0 Å². The highest BCUT2D eigenvalue weighted by Crippen LogP contribution is 2.14. The quantitative estimate of drug-likeness (QED) is 0.674. The molecule has 1 aromatic rings. The van der Waals surface area contributed by atoms with Crippen molar-refractivity contribution in [3.05, 3.63) is 29.8 Å². The molecular formula is C17H29NO3. The van der Waals surface area contributed by atoms with Gasteiger partial charge >= 0.3 is 0 Å². The molecule has 0 aliphatic carbocycles. The predicted octanol–water partition coefficient (Wildman–Crippen LogP) is 2.55. The average molecular weight is 295 g/mol. The number of rotatable bonds is 10. The zero-order valence-corrected chi connectivity index (χ0v) is 13.7. The van der Waals surface area contributed by atoms with Gasteiger partial charge in [-0.15, -0.1) is 0 Å². The molecule has 4 nitrogen and oxygen atoms in total. The maximum atomic E-state index is 10.1. The Balaban J connectivity index is 2.60. The summed E-state index contributed by atoms with van der Waals surface area (Å²) in [5.74, 6) is 1.14. The van der Waals surface area contributed by atoms with Gasteiger partial charge in [0.15, 0.2) is 0 Å². The van der Waals surface area contributed by atoms with Gasteiger partial charge in [0, 0.05) is 33.4 Å². The molecule has 4 heteroatoms. The van der Waals surface area contributed by atoms with E-state index in [0.29, 0.717) is 6.54 Å². The second-order valence-corrected chi connectivity index (χ2v) is 5.74. The molecule has 0 aromatic heterocycles. The van der Waals surface area contributed by atoms with Crippen molar-refractivity contribution in [2.45, 2.75) is 32.9 Å². The summed E-state index contributed by atoms with van der Waals surface area (Å²) in [4.78, 5) is 2.28. The van der Waals surface area contributed by atoms with Crippen LogP contribution in [0.3, 0.4) is 0 Å². The van der Waals surface area contributed by atoms with E-state index in [4.69, 9.17) is 9.47 Å². The first-order valence-corrected chi connectivity index (χ1v) is 7.59. The van der Waals surface area contributed by atoms with Gasteiger partial charge in [0.1, 0.15) is 5.75 Å². The summed E-state index contributed by atoms with van der Waals surface area (Å²) in [7, 11) is 3.39. The second-order valence-electron chi connectivity index (χ2n) is 5.74. The Bertz CT molecular complexity index is 378. The highest BCUT2D eigenvalue weighted by Gasteiger charge is 2.15. The zero-order chi connectivity index (χ0) is 15.7. The summed E-state index contributed by atoms with van der Waals surface area (Å²) >= 11 is 0. The number of aliphatic hydroxyl groups excluding tert-OH is 1. The lowest BCUT2D eigenvalue weighted by Crippen LogP contribution is -2.35. The third kappa shape index (κ3) is 6.93. The molecule has 0 fully saturated rings. The van der Waals surface area contributed by atoms with Crippen LogP contribution < -0.4 is 4.74 Å². The molecule has 1 rings (SSSR count). The molecule has 0 aliphatic heterocycles. The van der Waals surface area contributed by atoms with Crippen molar-refractivity contribution in [3.63, 3.8) is 0 Å². The smallest absolute Gasteiger partial charge is 0.118 e. The van der Waals surface area contributed by atoms with Crippen LogP contribution in [-0.4, -0.2) is 50.0 Å². The molecule has 0 bridgehead atoms. The first-order valence-electron chi connectivity index (χ1n) is 7.59. The Labute approximate surface area is 128 Å². The number of ether oxygens (including phenoxy) is 2. The van der Waals surface area contributed by atoms with Gasteiger partial charge in [-0.1, -0.05) is 26.0 Å². The van der Waals surface area contributed by atoms with Crippen molar-refractivity contribution >= 4 is 0 Å². The van der Waals surface area contributed by atoms with Gasteiger partial charge in [-0.05, 0) is 30.0 Å². The summed E-state index contributed by atoms with van der Waals surface area (Å²) in [6.45, 7) is 7.28. The monoisotopic (exact) mass is 295 g/mol. The molecule has 1 unspecified atom stereocenters. The van der Waals surface area contributed by atoms with Crippen molar-refractivity contribution in [2.24, 2.45) is 5.92 Å². The number of benzene rings is 1. The molecule has 1 atom stereocenters. The number of nitrogens with zero attached hydrogens (tertiary/aromatic N) is 1. The molecule has 0 radical (unpaired) electrons. The minimum absolute atomic E-state index is 0.269. The Hall–Kier alpha value is -1.10. The second kappa shape index (κ2) is 9.77. The van der Waals surface area contributed by atoms with Crippen LogP contribution in [0.4, 0.5) is 0 Å². The zero-order valence-electron chi connectivity index (χ0n) is 13.7. The largest absolute Gasteiger partial charge is 0.497 e. The van der Waals surface area contributed by atoms with Crippen LogP contribution in [0.2, 0.25) is 0 Å². The Kier molecular flexibility index (Phi) is 8.35. The van der Waals surface area contributed by atoms with Gasteiger partial charge in [-0.25, -0.2) is 0 Å². The van der Waals surface area contributed by atoms with Crippen LogP contribution in [0.1, 0.15) is 25.8 Å². The van der Waals surface area contributed by atoms with E-state index in [9.17, 15) is 5.11 Å². The SMILES string of the molecule is COCCCN(Cc1ccc(OC)cc1)CC(O)C(C)C. The van der Waals surface area contributed by atoms with E-state index < -0.39 is 0 Å². The summed E-state index contributed by atoms with van der Waals surface area (Å²) in [6.07, 6.45) is 0.670. The molecular weight excluding hydrogens is 266 g/mol. The lowest BCUT2D eigenvalue weighted by molar-refractivity contribution is 0.0683. The first kappa shape index (κ1) is 18.0. The molecule has 0 spiro atoms. The topological polar surface area (TPSA) is 41.9 Å². The third-order valence-electron chi connectivity index (χ3n) is 3.60. The normalized spacial score (nSPS) is 12.9. The van der Waals surface area contributed by atoms with E-state index in [1.807, 2.05) is 26.0 Å². The van der Waals surface area contributed by atoms with Crippen molar-refractivity contribution in [3.8, 4) is 5.75 Å². The van der Waals surface area contributed by atoms with Gasteiger partial charge in [0.25, 0.3) is 0 Å². The van der Waals surface area contributed by atoms with E-state index in [2.05, 4.69) is 17.0 Å². The summed E-state index contributed by atoms with van der Waals surface area (Å²) in [5.41, 5.74) is 1.23. The summed E-state index contributed by atoms with van der Waals surface area (Å²) in [5, 5.41) is 10.1. The van der Waals surface area contributed by atoms with Crippen LogP contribution in [0.25, 0.3) is 0 Å². The first-order chi connectivity index (χ1) is 10.1. The highest BCUT2D eigenvalue weighted by atomic mass is 16.5. The Morgan fingerprint density at radius 3 is 2.33 bits per heavy atom. The van der Waals surface area contributed by atoms with Gasteiger partial charge in [0.05, 0.1) is 13.2 Å². The third-order valence-corrected chi connectivity index (χ3v) is 3.60. The molecule has 0 aliphatic rings. The number of hydrogen-bond donors (Lipinski definition) is 1. The van der Waals surface area contributed by atoms with Crippen molar-refractivity contribution in [1.82, 2.24) is 4.90 Å². The maximum absolute atomic E-state index is 10.1. The van der Waals surface area contributed by atoms with Crippen LogP contribution in [-0.2, 0) is 11.3 Å². The van der Waals surface area contributed by atoms with E-state index in [1.165, 1.54) is 5.56 Å². The van der Waals surface area contributed by atoms with Crippen molar-refractivity contribution < 1.29 is 14.6 Å². The predicted molar refractivity (Wildman–Crippen MR) is 85.6 cm³/mol.